The van der Waals surface area contributed by atoms with Gasteiger partial charge in [-0.3, -0.25) is 4.79 Å². The van der Waals surface area contributed by atoms with Crippen LogP contribution in [0, 0.1) is 0 Å². The van der Waals surface area contributed by atoms with Crippen LogP contribution < -0.4 is 5.32 Å². The average molecular weight is 325 g/mol. The van der Waals surface area contributed by atoms with E-state index in [-0.39, 0.29) is 11.1 Å². The van der Waals surface area contributed by atoms with Gasteiger partial charge in [0, 0.05) is 5.69 Å². The summed E-state index contributed by atoms with van der Waals surface area (Å²) < 4.78 is 6.94. The molecule has 20 heavy (non-hydrogen) atoms. The molecule has 0 aliphatic heterocycles. The summed E-state index contributed by atoms with van der Waals surface area (Å²) in [5.41, 5.74) is 1.95. The van der Waals surface area contributed by atoms with Crippen molar-refractivity contribution in [3.8, 4) is 0 Å². The van der Waals surface area contributed by atoms with Gasteiger partial charge in [0.05, 0.1) is 22.0 Å². The summed E-state index contributed by atoms with van der Waals surface area (Å²) in [6.07, 6.45) is 3.37. The number of amides is 1. The summed E-state index contributed by atoms with van der Waals surface area (Å²) in [6, 6.07) is 7.14. The maximum Gasteiger partial charge on any atom is 0.260 e. The fourth-order valence-electron chi connectivity index (χ4n) is 1.72. The number of hydrogen-bond acceptors (Lipinski definition) is 5. The molecule has 2 aromatic heterocycles. The number of hydrogen-bond donors (Lipinski definition) is 1. The van der Waals surface area contributed by atoms with E-state index in [0.29, 0.717) is 11.3 Å². The number of aromatic nitrogens is 1. The molecule has 1 N–H and O–H groups in total. The molecule has 0 radical (unpaired) electrons. The van der Waals surface area contributed by atoms with Crippen molar-refractivity contribution >= 4 is 56.5 Å². The third kappa shape index (κ3) is 2.54. The zero-order valence-electron chi connectivity index (χ0n) is 10.3. The van der Waals surface area contributed by atoms with Crippen LogP contribution in [0.2, 0.25) is 5.22 Å². The van der Waals surface area contributed by atoms with Gasteiger partial charge in [-0.05, 0) is 42.1 Å². The van der Waals surface area contributed by atoms with Crippen LogP contribution in [0.25, 0.3) is 10.2 Å². The van der Waals surface area contributed by atoms with Crippen molar-refractivity contribution in [1.82, 2.24) is 4.98 Å². The van der Waals surface area contributed by atoms with E-state index in [1.54, 1.807) is 23.1 Å². The quantitative estimate of drug-likeness (QED) is 0.720. The number of fused-ring (bicyclic) bond motifs is 1. The van der Waals surface area contributed by atoms with E-state index in [0.717, 1.165) is 14.6 Å². The van der Waals surface area contributed by atoms with Gasteiger partial charge in [-0.1, -0.05) is 11.8 Å². The molecule has 0 bridgehead atoms. The summed E-state index contributed by atoms with van der Waals surface area (Å²) in [6.45, 7) is 0. The van der Waals surface area contributed by atoms with Crippen molar-refractivity contribution < 1.29 is 9.21 Å². The average Bonchev–Trinajstić information content (AvgIpc) is 3.03. The topological polar surface area (TPSA) is 55.1 Å². The van der Waals surface area contributed by atoms with Crippen molar-refractivity contribution in [3.63, 3.8) is 0 Å². The van der Waals surface area contributed by atoms with Crippen LogP contribution in [-0.4, -0.2) is 17.1 Å². The fourth-order valence-corrected chi connectivity index (χ4v) is 3.45. The Balaban J connectivity index is 1.87. The van der Waals surface area contributed by atoms with Gasteiger partial charge in [-0.15, -0.1) is 11.3 Å². The van der Waals surface area contributed by atoms with Crippen LogP contribution in [0.4, 0.5) is 5.69 Å². The van der Waals surface area contributed by atoms with Crippen LogP contribution in [0.5, 0.6) is 0 Å². The number of halogens is 1. The Morgan fingerprint density at radius 2 is 2.30 bits per heavy atom. The van der Waals surface area contributed by atoms with Gasteiger partial charge in [0.2, 0.25) is 5.22 Å². The fraction of sp³-hybridized carbons (Fsp3) is 0.0769. The molecule has 3 aromatic rings. The van der Waals surface area contributed by atoms with E-state index >= 15 is 0 Å². The Morgan fingerprint density at radius 1 is 1.45 bits per heavy atom. The van der Waals surface area contributed by atoms with Gasteiger partial charge < -0.3 is 9.73 Å². The third-order valence-corrected chi connectivity index (χ3v) is 4.96. The zero-order chi connectivity index (χ0) is 14.1. The Bertz CT molecular complexity index is 782. The number of nitrogens with zero attached hydrogens (tertiary/aromatic N) is 1. The zero-order valence-corrected chi connectivity index (χ0v) is 12.7. The minimum atomic E-state index is -0.294. The Labute approximate surface area is 128 Å². The van der Waals surface area contributed by atoms with Crippen LogP contribution in [0.3, 0.4) is 0 Å². The number of anilines is 1. The minimum Gasteiger partial charge on any atom is -0.452 e. The number of benzene rings is 1. The van der Waals surface area contributed by atoms with Gasteiger partial charge in [-0.2, -0.15) is 0 Å². The molecular weight excluding hydrogens is 316 g/mol. The smallest absolute Gasteiger partial charge is 0.260 e. The van der Waals surface area contributed by atoms with E-state index in [9.17, 15) is 4.79 Å². The Morgan fingerprint density at radius 3 is 3.00 bits per heavy atom. The van der Waals surface area contributed by atoms with Gasteiger partial charge in [0.25, 0.3) is 5.91 Å². The van der Waals surface area contributed by atoms with E-state index < -0.39 is 0 Å². The van der Waals surface area contributed by atoms with Crippen LogP contribution in [0.15, 0.2) is 39.3 Å². The van der Waals surface area contributed by atoms with Crippen molar-refractivity contribution in [2.24, 2.45) is 0 Å². The van der Waals surface area contributed by atoms with E-state index in [4.69, 9.17) is 16.0 Å². The number of thiazole rings is 1. The summed E-state index contributed by atoms with van der Waals surface area (Å²) in [7, 11) is 0. The highest BCUT2D eigenvalue weighted by Gasteiger charge is 2.13. The normalized spacial score (nSPS) is 10.9. The maximum absolute atomic E-state index is 12.0. The molecule has 0 saturated heterocycles. The molecule has 0 aliphatic carbocycles. The third-order valence-electron chi connectivity index (χ3n) is 2.66. The van der Waals surface area contributed by atoms with Gasteiger partial charge in [0.15, 0.2) is 4.34 Å². The lowest BCUT2D eigenvalue weighted by molar-refractivity contribution is 0.102. The van der Waals surface area contributed by atoms with Crippen LogP contribution >= 0.6 is 34.7 Å². The standard InChI is InChI=1S/C13H9ClN2O2S2/c1-19-13-16-9-3-2-7(6-10(9)20-13)15-12(17)8-4-5-18-11(8)14/h2-6H,1H3,(H,15,17). The number of carbonyl (C=O) groups is 1. The minimum absolute atomic E-state index is 0.0889. The number of carbonyl (C=O) groups excluding carboxylic acids is 1. The SMILES string of the molecule is CSc1nc2ccc(NC(=O)c3ccoc3Cl)cc2s1. The summed E-state index contributed by atoms with van der Waals surface area (Å²) >= 11 is 8.98. The van der Waals surface area contributed by atoms with Crippen LogP contribution in [-0.2, 0) is 0 Å². The number of thioether (sulfide) groups is 1. The summed E-state index contributed by atoms with van der Waals surface area (Å²) in [5, 5.41) is 2.88. The second-order valence-corrected chi connectivity index (χ2v) is 6.36. The van der Waals surface area contributed by atoms with Crippen LogP contribution in [0.1, 0.15) is 10.4 Å². The maximum atomic E-state index is 12.0. The molecule has 1 amide bonds. The lowest BCUT2D eigenvalue weighted by atomic mass is 10.2. The second kappa shape index (κ2) is 5.47. The first-order valence-corrected chi connectivity index (χ1v) is 8.08. The second-order valence-electron chi connectivity index (χ2n) is 3.93. The van der Waals surface area contributed by atoms with Crippen molar-refractivity contribution in [1.29, 1.82) is 0 Å². The molecule has 0 saturated carbocycles. The van der Waals surface area contributed by atoms with E-state index in [1.807, 2.05) is 24.5 Å². The summed E-state index contributed by atoms with van der Waals surface area (Å²) in [5.74, 6) is -0.294. The Hall–Kier alpha value is -1.50. The molecule has 102 valence electrons. The molecule has 0 atom stereocenters. The molecule has 3 rings (SSSR count). The molecule has 0 aliphatic rings. The van der Waals surface area contributed by atoms with Gasteiger partial charge in [0.1, 0.15) is 0 Å². The molecule has 2 heterocycles. The van der Waals surface area contributed by atoms with Gasteiger partial charge >= 0.3 is 0 Å². The molecule has 0 unspecified atom stereocenters. The van der Waals surface area contributed by atoms with Crippen molar-refractivity contribution in [2.75, 3.05) is 11.6 Å². The Kier molecular flexibility index (Phi) is 3.69. The lowest BCUT2D eigenvalue weighted by Crippen LogP contribution is -2.11. The first kappa shape index (κ1) is 13.5. The summed E-state index contributed by atoms with van der Waals surface area (Å²) in [4.78, 5) is 16.5. The first-order valence-electron chi connectivity index (χ1n) is 5.66. The predicted octanol–water partition coefficient (Wildman–Crippen LogP) is 4.52. The molecule has 4 nitrogen and oxygen atoms in total. The van der Waals surface area contributed by atoms with Gasteiger partial charge in [-0.25, -0.2) is 4.98 Å². The van der Waals surface area contributed by atoms with E-state index in [2.05, 4.69) is 10.3 Å². The predicted molar refractivity (Wildman–Crippen MR) is 83.1 cm³/mol. The molecule has 1 aromatic carbocycles. The monoisotopic (exact) mass is 324 g/mol. The molecule has 0 spiro atoms. The van der Waals surface area contributed by atoms with E-state index in [1.165, 1.54) is 12.3 Å². The largest absolute Gasteiger partial charge is 0.452 e. The highest BCUT2D eigenvalue weighted by atomic mass is 35.5. The van der Waals surface area contributed by atoms with Crippen molar-refractivity contribution in [3.05, 3.63) is 41.3 Å². The number of furan rings is 1. The number of nitrogens with one attached hydrogen (secondary N) is 1. The molecular formula is C13H9ClN2O2S2. The number of rotatable bonds is 3. The van der Waals surface area contributed by atoms with Crippen molar-refractivity contribution in [2.45, 2.75) is 4.34 Å². The highest BCUT2D eigenvalue weighted by molar-refractivity contribution is 8.00. The lowest BCUT2D eigenvalue weighted by Gasteiger charge is -2.03. The first-order chi connectivity index (χ1) is 9.67. The highest BCUT2D eigenvalue weighted by Crippen LogP contribution is 2.30. The molecule has 7 heteroatoms. The molecule has 0 fully saturated rings.